The van der Waals surface area contributed by atoms with Gasteiger partial charge in [0.1, 0.15) is 6.33 Å². The highest BCUT2D eigenvalue weighted by molar-refractivity contribution is 5.88. The topological polar surface area (TPSA) is 35.6 Å². The Morgan fingerprint density at radius 2 is 1.89 bits per heavy atom. The van der Waals surface area contributed by atoms with Gasteiger partial charge in [-0.1, -0.05) is 13.8 Å². The molecule has 4 heteroatoms. The molecule has 98 valence electrons. The maximum Gasteiger partial charge on any atom is 0.163 e. The number of hydrogen-bond donors (Lipinski definition) is 0. The molecule has 0 unspecified atom stereocenters. The zero-order chi connectivity index (χ0) is 13.6. The molecule has 4 nitrogen and oxygen atoms in total. The van der Waals surface area contributed by atoms with Crippen molar-refractivity contribution in [3.63, 3.8) is 0 Å². The van der Waals surface area contributed by atoms with Crippen LogP contribution in [0.3, 0.4) is 0 Å². The molecule has 3 rings (SSSR count). The Morgan fingerprint density at radius 3 is 2.53 bits per heavy atom. The molecule has 3 aromatic rings. The molecule has 0 aliphatic rings. The van der Waals surface area contributed by atoms with E-state index in [1.165, 1.54) is 16.5 Å². The standard InChI is InChI=1S/C15H18N4/c1-10(2)13-8-18(3)14-6-5-11(7-12(13)14)15-17-16-9-19(15)4/h5-10H,1-4H3. The van der Waals surface area contributed by atoms with E-state index in [1.807, 2.05) is 11.6 Å². The van der Waals surface area contributed by atoms with Gasteiger partial charge in [-0.3, -0.25) is 0 Å². The molecule has 0 atom stereocenters. The number of nitrogens with zero attached hydrogens (tertiary/aromatic N) is 4. The van der Waals surface area contributed by atoms with E-state index < -0.39 is 0 Å². The molecule has 0 saturated heterocycles. The van der Waals surface area contributed by atoms with Gasteiger partial charge in [-0.25, -0.2) is 0 Å². The van der Waals surface area contributed by atoms with E-state index in [9.17, 15) is 0 Å². The Labute approximate surface area is 112 Å². The monoisotopic (exact) mass is 254 g/mol. The van der Waals surface area contributed by atoms with Gasteiger partial charge in [-0.2, -0.15) is 0 Å². The van der Waals surface area contributed by atoms with Crippen LogP contribution in [0.1, 0.15) is 25.3 Å². The third kappa shape index (κ3) is 1.84. The predicted octanol–water partition coefficient (Wildman–Crippen LogP) is 3.10. The molecule has 0 fully saturated rings. The van der Waals surface area contributed by atoms with E-state index in [4.69, 9.17) is 0 Å². The van der Waals surface area contributed by atoms with E-state index in [2.05, 4.69) is 60.1 Å². The Balaban J connectivity index is 2.25. The highest BCUT2D eigenvalue weighted by Crippen LogP contribution is 2.30. The molecule has 2 heterocycles. The smallest absolute Gasteiger partial charge is 0.163 e. The molecular formula is C15H18N4. The lowest BCUT2D eigenvalue weighted by molar-refractivity contribution is 0.857. The molecule has 0 aliphatic heterocycles. The number of aryl methyl sites for hydroxylation is 2. The van der Waals surface area contributed by atoms with Crippen molar-refractivity contribution in [1.82, 2.24) is 19.3 Å². The average molecular weight is 254 g/mol. The summed E-state index contributed by atoms with van der Waals surface area (Å²) in [4.78, 5) is 0. The Morgan fingerprint density at radius 1 is 1.11 bits per heavy atom. The van der Waals surface area contributed by atoms with E-state index in [0.29, 0.717) is 5.92 Å². The molecule has 1 aromatic carbocycles. The average Bonchev–Trinajstić information content (AvgIpc) is 2.93. The fourth-order valence-corrected chi connectivity index (χ4v) is 2.57. The van der Waals surface area contributed by atoms with Crippen LogP contribution < -0.4 is 0 Å². The third-order valence-corrected chi connectivity index (χ3v) is 3.61. The Hall–Kier alpha value is -2.10. The molecule has 0 spiro atoms. The summed E-state index contributed by atoms with van der Waals surface area (Å²) in [6.07, 6.45) is 3.95. The summed E-state index contributed by atoms with van der Waals surface area (Å²) >= 11 is 0. The number of benzene rings is 1. The first kappa shape index (κ1) is 12.0. The summed E-state index contributed by atoms with van der Waals surface area (Å²) in [5, 5.41) is 9.43. The van der Waals surface area contributed by atoms with Crippen LogP contribution in [0, 0.1) is 0 Å². The summed E-state index contributed by atoms with van der Waals surface area (Å²) in [6.45, 7) is 4.45. The number of fused-ring (bicyclic) bond motifs is 1. The minimum Gasteiger partial charge on any atom is -0.350 e. The van der Waals surface area contributed by atoms with Crippen molar-refractivity contribution in [3.8, 4) is 11.4 Å². The van der Waals surface area contributed by atoms with Crippen LogP contribution in [0.25, 0.3) is 22.3 Å². The second kappa shape index (κ2) is 4.23. The lowest BCUT2D eigenvalue weighted by Gasteiger charge is -2.05. The van der Waals surface area contributed by atoms with Crippen LogP contribution in [-0.4, -0.2) is 19.3 Å². The van der Waals surface area contributed by atoms with Crippen molar-refractivity contribution in [1.29, 1.82) is 0 Å². The summed E-state index contributed by atoms with van der Waals surface area (Å²) in [7, 11) is 4.06. The first-order valence-electron chi connectivity index (χ1n) is 6.51. The van der Waals surface area contributed by atoms with E-state index in [1.54, 1.807) is 6.33 Å². The molecule has 0 amide bonds. The van der Waals surface area contributed by atoms with Crippen LogP contribution in [0.2, 0.25) is 0 Å². The molecule has 0 aliphatic carbocycles. The highest BCUT2D eigenvalue weighted by atomic mass is 15.2. The Kier molecular flexibility index (Phi) is 2.66. The fraction of sp³-hybridized carbons (Fsp3) is 0.333. The van der Waals surface area contributed by atoms with Gasteiger partial charge in [0, 0.05) is 36.8 Å². The predicted molar refractivity (Wildman–Crippen MR) is 77.0 cm³/mol. The van der Waals surface area contributed by atoms with Gasteiger partial charge in [0.15, 0.2) is 5.82 Å². The summed E-state index contributed by atoms with van der Waals surface area (Å²) < 4.78 is 4.13. The van der Waals surface area contributed by atoms with E-state index >= 15 is 0 Å². The summed E-state index contributed by atoms with van der Waals surface area (Å²) in [5.41, 5.74) is 3.75. The van der Waals surface area contributed by atoms with E-state index in [-0.39, 0.29) is 0 Å². The summed E-state index contributed by atoms with van der Waals surface area (Å²) in [5.74, 6) is 1.42. The van der Waals surface area contributed by atoms with Crippen LogP contribution >= 0.6 is 0 Å². The van der Waals surface area contributed by atoms with Gasteiger partial charge in [0.25, 0.3) is 0 Å². The minimum atomic E-state index is 0.512. The molecule has 0 N–H and O–H groups in total. The van der Waals surface area contributed by atoms with Gasteiger partial charge >= 0.3 is 0 Å². The normalized spacial score (nSPS) is 11.6. The van der Waals surface area contributed by atoms with Gasteiger partial charge in [-0.05, 0) is 29.7 Å². The molecule has 2 aromatic heterocycles. The minimum absolute atomic E-state index is 0.512. The van der Waals surface area contributed by atoms with Crippen molar-refractivity contribution in [2.75, 3.05) is 0 Å². The molecule has 0 saturated carbocycles. The fourth-order valence-electron chi connectivity index (χ4n) is 2.57. The molecule has 0 bridgehead atoms. The molecule has 0 radical (unpaired) electrons. The number of hydrogen-bond acceptors (Lipinski definition) is 2. The first-order chi connectivity index (χ1) is 9.08. The van der Waals surface area contributed by atoms with Crippen LogP contribution in [0.15, 0.2) is 30.7 Å². The Bertz CT molecular complexity index is 734. The number of rotatable bonds is 2. The second-order valence-corrected chi connectivity index (χ2v) is 5.35. The van der Waals surface area contributed by atoms with Gasteiger partial charge in [0.05, 0.1) is 0 Å². The van der Waals surface area contributed by atoms with Crippen LogP contribution in [-0.2, 0) is 14.1 Å². The lowest BCUT2D eigenvalue weighted by atomic mass is 10.0. The largest absolute Gasteiger partial charge is 0.350 e. The SMILES string of the molecule is CC(C)c1cn(C)c2ccc(-c3nncn3C)cc12. The third-order valence-electron chi connectivity index (χ3n) is 3.61. The van der Waals surface area contributed by atoms with Crippen molar-refractivity contribution in [2.45, 2.75) is 19.8 Å². The van der Waals surface area contributed by atoms with Crippen molar-refractivity contribution in [2.24, 2.45) is 14.1 Å². The quantitative estimate of drug-likeness (QED) is 0.704. The second-order valence-electron chi connectivity index (χ2n) is 5.35. The number of aromatic nitrogens is 4. The van der Waals surface area contributed by atoms with E-state index in [0.717, 1.165) is 11.4 Å². The molecule has 19 heavy (non-hydrogen) atoms. The van der Waals surface area contributed by atoms with Crippen molar-refractivity contribution < 1.29 is 0 Å². The highest BCUT2D eigenvalue weighted by Gasteiger charge is 2.12. The van der Waals surface area contributed by atoms with Gasteiger partial charge in [0.2, 0.25) is 0 Å². The van der Waals surface area contributed by atoms with Gasteiger partial charge in [-0.15, -0.1) is 10.2 Å². The van der Waals surface area contributed by atoms with Crippen molar-refractivity contribution >= 4 is 10.9 Å². The zero-order valence-corrected chi connectivity index (χ0v) is 11.8. The zero-order valence-electron chi connectivity index (χ0n) is 11.8. The first-order valence-corrected chi connectivity index (χ1v) is 6.51. The molecular weight excluding hydrogens is 236 g/mol. The lowest BCUT2D eigenvalue weighted by Crippen LogP contribution is -1.91. The van der Waals surface area contributed by atoms with Crippen LogP contribution in [0.5, 0.6) is 0 Å². The van der Waals surface area contributed by atoms with Crippen molar-refractivity contribution in [3.05, 3.63) is 36.3 Å². The van der Waals surface area contributed by atoms with Crippen LogP contribution in [0.4, 0.5) is 0 Å². The maximum absolute atomic E-state index is 4.18. The maximum atomic E-state index is 4.18. The van der Waals surface area contributed by atoms with Gasteiger partial charge < -0.3 is 9.13 Å². The summed E-state index contributed by atoms with van der Waals surface area (Å²) in [6, 6.07) is 6.48.